The fourth-order valence-electron chi connectivity index (χ4n) is 2.37. The van der Waals surface area contributed by atoms with Gasteiger partial charge in [0.2, 0.25) is 0 Å². The van der Waals surface area contributed by atoms with E-state index in [9.17, 15) is 9.18 Å². The van der Waals surface area contributed by atoms with Gasteiger partial charge in [-0.1, -0.05) is 17.7 Å². The van der Waals surface area contributed by atoms with Gasteiger partial charge in [-0.2, -0.15) is 0 Å². The van der Waals surface area contributed by atoms with Gasteiger partial charge in [-0.3, -0.25) is 9.36 Å². The van der Waals surface area contributed by atoms with E-state index in [-0.39, 0.29) is 17.1 Å². The number of hydrogen-bond acceptors (Lipinski definition) is 5. The summed E-state index contributed by atoms with van der Waals surface area (Å²) in [4.78, 5) is 24.5. The molecule has 2 N–H and O–H groups in total. The molecule has 26 heavy (non-hydrogen) atoms. The first kappa shape index (κ1) is 17.8. The number of aromatic nitrogens is 4. The number of amides is 1. The first-order valence-corrected chi connectivity index (χ1v) is 8.22. The number of anilines is 1. The summed E-state index contributed by atoms with van der Waals surface area (Å²) in [6.07, 6.45) is 4.93. The largest absolute Gasteiger partial charge is 0.368 e. The molecule has 0 saturated heterocycles. The Kier molecular flexibility index (Phi) is 5.43. The van der Waals surface area contributed by atoms with Gasteiger partial charge in [0.05, 0.1) is 10.6 Å². The molecule has 0 bridgehead atoms. The molecule has 2 aromatic heterocycles. The number of rotatable bonds is 6. The van der Waals surface area contributed by atoms with E-state index in [2.05, 4.69) is 25.6 Å². The maximum atomic E-state index is 13.7. The number of halogens is 2. The van der Waals surface area contributed by atoms with E-state index >= 15 is 0 Å². The van der Waals surface area contributed by atoms with Crippen molar-refractivity contribution >= 4 is 23.3 Å². The lowest BCUT2D eigenvalue weighted by atomic mass is 10.2. The van der Waals surface area contributed by atoms with Gasteiger partial charge < -0.3 is 10.6 Å². The third-order valence-corrected chi connectivity index (χ3v) is 3.95. The van der Waals surface area contributed by atoms with E-state index < -0.39 is 11.7 Å². The maximum Gasteiger partial charge on any atom is 0.255 e. The molecule has 3 aromatic rings. The molecule has 1 aromatic carbocycles. The molecule has 0 atom stereocenters. The second kappa shape index (κ2) is 7.92. The molecule has 9 heteroatoms. The Morgan fingerprint density at radius 1 is 1.27 bits per heavy atom. The second-order valence-electron chi connectivity index (χ2n) is 5.39. The lowest BCUT2D eigenvalue weighted by Gasteiger charge is -2.10. The first-order chi connectivity index (χ1) is 12.6. The number of hydrogen-bond donors (Lipinski definition) is 2. The van der Waals surface area contributed by atoms with Gasteiger partial charge in [-0.15, -0.1) is 0 Å². The highest BCUT2D eigenvalue weighted by Gasteiger charge is 2.14. The SMILES string of the molecule is Cc1nccn1-c1cc(NCCNC(=O)c2c(F)cccc2Cl)ncn1. The highest BCUT2D eigenvalue weighted by molar-refractivity contribution is 6.33. The number of nitrogens with zero attached hydrogens (tertiary/aromatic N) is 4. The standard InChI is InChI=1S/C17H16ClFN6O/c1-11-20-7-8-25(11)15-9-14(23-10-24-15)21-5-6-22-17(26)16-12(18)3-2-4-13(16)19/h2-4,7-10H,5-6H2,1H3,(H,22,26)(H,21,23,24). The average Bonchev–Trinajstić information content (AvgIpc) is 3.05. The molecule has 0 aliphatic heterocycles. The summed E-state index contributed by atoms with van der Waals surface area (Å²) < 4.78 is 15.5. The highest BCUT2D eigenvalue weighted by Crippen LogP contribution is 2.18. The predicted molar refractivity (Wildman–Crippen MR) is 96.1 cm³/mol. The van der Waals surface area contributed by atoms with Gasteiger partial charge in [0, 0.05) is 31.5 Å². The van der Waals surface area contributed by atoms with Crippen LogP contribution in [0.3, 0.4) is 0 Å². The van der Waals surface area contributed by atoms with E-state index in [0.29, 0.717) is 18.2 Å². The summed E-state index contributed by atoms with van der Waals surface area (Å²) >= 11 is 5.87. The maximum absolute atomic E-state index is 13.7. The molecular formula is C17H16ClFN6O. The van der Waals surface area contributed by atoms with Crippen LogP contribution in [-0.2, 0) is 0 Å². The lowest BCUT2D eigenvalue weighted by Crippen LogP contribution is -2.29. The van der Waals surface area contributed by atoms with Crippen LogP contribution in [0.1, 0.15) is 16.2 Å². The molecule has 0 unspecified atom stereocenters. The van der Waals surface area contributed by atoms with Crippen LogP contribution < -0.4 is 10.6 Å². The van der Waals surface area contributed by atoms with Crippen LogP contribution in [0, 0.1) is 12.7 Å². The van der Waals surface area contributed by atoms with Gasteiger partial charge in [0.1, 0.15) is 29.6 Å². The number of nitrogens with one attached hydrogen (secondary N) is 2. The van der Waals surface area contributed by atoms with Gasteiger partial charge >= 0.3 is 0 Å². The van der Waals surface area contributed by atoms with Crippen LogP contribution in [0.15, 0.2) is 43.0 Å². The normalized spacial score (nSPS) is 10.6. The monoisotopic (exact) mass is 374 g/mol. The number of carbonyl (C=O) groups is 1. The molecule has 134 valence electrons. The predicted octanol–water partition coefficient (Wildman–Crippen LogP) is 2.61. The Morgan fingerprint density at radius 2 is 2.12 bits per heavy atom. The summed E-state index contributed by atoms with van der Waals surface area (Å²) in [6, 6.07) is 5.88. The third kappa shape index (κ3) is 3.97. The molecule has 0 aliphatic carbocycles. The fourth-order valence-corrected chi connectivity index (χ4v) is 2.61. The summed E-state index contributed by atoms with van der Waals surface area (Å²) in [5.74, 6) is 0.871. The van der Waals surface area contributed by atoms with Gasteiger partial charge in [-0.05, 0) is 19.1 Å². The van der Waals surface area contributed by atoms with Crippen molar-refractivity contribution in [3.8, 4) is 5.82 Å². The van der Waals surface area contributed by atoms with Crippen molar-refractivity contribution in [2.45, 2.75) is 6.92 Å². The number of benzene rings is 1. The zero-order chi connectivity index (χ0) is 18.5. The zero-order valence-corrected chi connectivity index (χ0v) is 14.7. The minimum atomic E-state index is -0.654. The molecule has 2 heterocycles. The number of carbonyl (C=O) groups excluding carboxylic acids is 1. The van der Waals surface area contributed by atoms with Gasteiger partial charge in [0.15, 0.2) is 0 Å². The topological polar surface area (TPSA) is 84.7 Å². The zero-order valence-electron chi connectivity index (χ0n) is 13.9. The van der Waals surface area contributed by atoms with Gasteiger partial charge in [-0.25, -0.2) is 19.3 Å². The molecule has 7 nitrogen and oxygen atoms in total. The van der Waals surface area contributed by atoms with Crippen molar-refractivity contribution in [3.05, 3.63) is 65.2 Å². The van der Waals surface area contributed by atoms with E-state index in [0.717, 1.165) is 5.82 Å². The Morgan fingerprint density at radius 3 is 2.85 bits per heavy atom. The Labute approximate surface area is 154 Å². The van der Waals surface area contributed by atoms with E-state index in [4.69, 9.17) is 11.6 Å². The summed E-state index contributed by atoms with van der Waals surface area (Å²) in [5, 5.41) is 5.77. The molecule has 0 spiro atoms. The Balaban J connectivity index is 1.56. The van der Waals surface area contributed by atoms with Crippen LogP contribution in [0.5, 0.6) is 0 Å². The first-order valence-electron chi connectivity index (χ1n) is 7.84. The minimum absolute atomic E-state index is 0.0756. The van der Waals surface area contributed by atoms with Crippen LogP contribution in [0.2, 0.25) is 5.02 Å². The lowest BCUT2D eigenvalue weighted by molar-refractivity contribution is 0.0951. The highest BCUT2D eigenvalue weighted by atomic mass is 35.5. The smallest absolute Gasteiger partial charge is 0.255 e. The molecule has 0 saturated carbocycles. The Bertz CT molecular complexity index is 909. The average molecular weight is 375 g/mol. The Hall–Kier alpha value is -3.00. The van der Waals surface area contributed by atoms with Crippen molar-refractivity contribution in [1.29, 1.82) is 0 Å². The minimum Gasteiger partial charge on any atom is -0.368 e. The van der Waals surface area contributed by atoms with Crippen LogP contribution >= 0.6 is 11.6 Å². The quantitative estimate of drug-likeness (QED) is 0.648. The van der Waals surface area contributed by atoms with Crippen molar-refractivity contribution in [2.24, 2.45) is 0 Å². The molecule has 0 fully saturated rings. The van der Waals surface area contributed by atoms with Crippen molar-refractivity contribution in [1.82, 2.24) is 24.8 Å². The van der Waals surface area contributed by atoms with E-state index in [1.807, 2.05) is 11.5 Å². The fraction of sp³-hybridized carbons (Fsp3) is 0.176. The summed E-state index contributed by atoms with van der Waals surface area (Å²) in [5.41, 5.74) is -0.158. The molecule has 0 aliphatic rings. The summed E-state index contributed by atoms with van der Waals surface area (Å²) in [7, 11) is 0. The second-order valence-corrected chi connectivity index (χ2v) is 5.79. The molecule has 3 rings (SSSR count). The molecule has 1 amide bonds. The third-order valence-electron chi connectivity index (χ3n) is 3.63. The van der Waals surface area contributed by atoms with Crippen LogP contribution in [0.4, 0.5) is 10.2 Å². The summed E-state index contributed by atoms with van der Waals surface area (Å²) in [6.45, 7) is 2.54. The number of aryl methyl sites for hydroxylation is 1. The van der Waals surface area contributed by atoms with Crippen molar-refractivity contribution < 1.29 is 9.18 Å². The van der Waals surface area contributed by atoms with E-state index in [1.165, 1.54) is 24.5 Å². The number of imidazole rings is 1. The van der Waals surface area contributed by atoms with Crippen molar-refractivity contribution in [2.75, 3.05) is 18.4 Å². The molecular weight excluding hydrogens is 359 g/mol. The van der Waals surface area contributed by atoms with Crippen LogP contribution in [-0.4, -0.2) is 38.5 Å². The van der Waals surface area contributed by atoms with E-state index in [1.54, 1.807) is 18.5 Å². The molecule has 0 radical (unpaired) electrons. The van der Waals surface area contributed by atoms with Crippen LogP contribution in [0.25, 0.3) is 5.82 Å². The van der Waals surface area contributed by atoms with Crippen molar-refractivity contribution in [3.63, 3.8) is 0 Å². The van der Waals surface area contributed by atoms with Gasteiger partial charge in [0.25, 0.3) is 5.91 Å².